The van der Waals surface area contributed by atoms with Crippen molar-refractivity contribution in [1.82, 2.24) is 0 Å². The molecule has 4 atom stereocenters. The monoisotopic (exact) mass is 602 g/mol. The number of aliphatic hydroxyl groups excluding tert-OH is 2. The van der Waals surface area contributed by atoms with Crippen molar-refractivity contribution in [3.05, 3.63) is 119 Å². The Bertz CT molecular complexity index is 1300. The van der Waals surface area contributed by atoms with Gasteiger partial charge in [-0.25, -0.2) is 0 Å². The fourth-order valence-corrected chi connectivity index (χ4v) is 6.55. The minimum absolute atomic E-state index is 0.0115. The van der Waals surface area contributed by atoms with Crippen molar-refractivity contribution in [2.24, 2.45) is 10.8 Å². The molecule has 1 saturated carbocycles. The molecule has 242 valence electrons. The summed E-state index contributed by atoms with van der Waals surface area (Å²) in [6.45, 7) is 20.1. The minimum atomic E-state index is -1.44. The number of rotatable bonds is 10. The van der Waals surface area contributed by atoms with Crippen LogP contribution in [-0.2, 0) is 0 Å². The van der Waals surface area contributed by atoms with Crippen LogP contribution in [0.25, 0.3) is 0 Å². The molecule has 0 aromatic rings. The normalized spacial score (nSPS) is 31.1. The summed E-state index contributed by atoms with van der Waals surface area (Å²) in [5.74, 6) is 0. The van der Waals surface area contributed by atoms with Crippen LogP contribution in [0.2, 0.25) is 0 Å². The van der Waals surface area contributed by atoms with Crippen molar-refractivity contribution < 1.29 is 20.4 Å². The van der Waals surface area contributed by atoms with Crippen LogP contribution in [0.3, 0.4) is 0 Å². The molecule has 0 aliphatic heterocycles. The maximum Gasteiger partial charge on any atom is 0.117 e. The summed E-state index contributed by atoms with van der Waals surface area (Å²) in [5.41, 5.74) is 3.44. The molecule has 0 bridgehead atoms. The van der Waals surface area contributed by atoms with E-state index in [-0.39, 0.29) is 17.9 Å². The number of hydrogen-bond acceptors (Lipinski definition) is 4. The zero-order valence-corrected chi connectivity index (χ0v) is 28.9. The van der Waals surface area contributed by atoms with E-state index in [0.717, 1.165) is 29.6 Å². The fourth-order valence-electron chi connectivity index (χ4n) is 6.55. The van der Waals surface area contributed by atoms with Gasteiger partial charge in [-0.3, -0.25) is 0 Å². The van der Waals surface area contributed by atoms with E-state index >= 15 is 0 Å². The van der Waals surface area contributed by atoms with Crippen LogP contribution in [0, 0.1) is 10.8 Å². The summed E-state index contributed by atoms with van der Waals surface area (Å²) in [5, 5.41) is 42.6. The summed E-state index contributed by atoms with van der Waals surface area (Å²) in [6.07, 6.45) is 29.6. The molecule has 4 nitrogen and oxygen atoms in total. The molecule has 2 aliphatic carbocycles. The smallest absolute Gasteiger partial charge is 0.117 e. The van der Waals surface area contributed by atoms with Gasteiger partial charge in [0.25, 0.3) is 0 Å². The van der Waals surface area contributed by atoms with Gasteiger partial charge >= 0.3 is 0 Å². The molecule has 2 aliphatic rings. The van der Waals surface area contributed by atoms with Gasteiger partial charge in [0.05, 0.1) is 17.8 Å². The zero-order valence-electron chi connectivity index (χ0n) is 28.9. The molecule has 0 aromatic carbocycles. The Hall–Kier alpha value is -2.76. The molecule has 0 amide bonds. The van der Waals surface area contributed by atoms with Crippen molar-refractivity contribution in [3.8, 4) is 0 Å². The Morgan fingerprint density at radius 2 is 1.11 bits per heavy atom. The summed E-state index contributed by atoms with van der Waals surface area (Å²) >= 11 is 0. The van der Waals surface area contributed by atoms with Crippen molar-refractivity contribution >= 4 is 0 Å². The summed E-state index contributed by atoms with van der Waals surface area (Å²) < 4.78 is 0. The first-order chi connectivity index (χ1) is 20.3. The van der Waals surface area contributed by atoms with E-state index in [1.807, 2.05) is 64.2 Å². The maximum atomic E-state index is 11.4. The quantitative estimate of drug-likeness (QED) is 0.189. The Balaban J connectivity index is 1.94. The molecule has 0 radical (unpaired) electrons. The van der Waals surface area contributed by atoms with Crippen LogP contribution in [-0.4, -0.2) is 43.8 Å². The summed E-state index contributed by atoms with van der Waals surface area (Å²) in [7, 11) is 0. The molecular formula is C40H58O4. The predicted octanol–water partition coefficient (Wildman–Crippen LogP) is 8.71. The highest BCUT2D eigenvalue weighted by Crippen LogP contribution is 2.50. The first kappa shape index (κ1) is 37.4. The summed E-state index contributed by atoms with van der Waals surface area (Å²) in [4.78, 5) is 0. The molecule has 0 heterocycles. The third-order valence-electron chi connectivity index (χ3n) is 9.07. The van der Waals surface area contributed by atoms with Gasteiger partial charge in [-0.05, 0) is 77.9 Å². The van der Waals surface area contributed by atoms with E-state index in [1.165, 1.54) is 16.7 Å². The van der Waals surface area contributed by atoms with Crippen LogP contribution < -0.4 is 0 Å². The number of hydrogen-bond donors (Lipinski definition) is 4. The first-order valence-corrected chi connectivity index (χ1v) is 15.9. The average molecular weight is 603 g/mol. The van der Waals surface area contributed by atoms with E-state index in [0.29, 0.717) is 6.42 Å². The predicted molar refractivity (Wildman–Crippen MR) is 187 cm³/mol. The maximum absolute atomic E-state index is 11.4. The molecule has 0 aromatic heterocycles. The van der Waals surface area contributed by atoms with Gasteiger partial charge in [0, 0.05) is 11.8 Å². The van der Waals surface area contributed by atoms with Crippen molar-refractivity contribution in [3.63, 3.8) is 0 Å². The third kappa shape index (κ3) is 10.4. The lowest BCUT2D eigenvalue weighted by Crippen LogP contribution is -2.65. The highest BCUT2D eigenvalue weighted by atomic mass is 16.4. The van der Waals surface area contributed by atoms with Crippen molar-refractivity contribution in [2.75, 3.05) is 0 Å². The second-order valence-electron chi connectivity index (χ2n) is 14.5. The molecule has 0 saturated heterocycles. The van der Waals surface area contributed by atoms with E-state index in [4.69, 9.17) is 0 Å². The Kier molecular flexibility index (Phi) is 13.2. The first-order valence-electron chi connectivity index (χ1n) is 15.9. The van der Waals surface area contributed by atoms with Gasteiger partial charge in [0.2, 0.25) is 0 Å². The molecule has 4 N–H and O–H groups in total. The molecule has 1 fully saturated rings. The molecule has 2 rings (SSSR count). The largest absolute Gasteiger partial charge is 0.393 e. The van der Waals surface area contributed by atoms with Crippen LogP contribution >= 0.6 is 0 Å². The second kappa shape index (κ2) is 15.5. The minimum Gasteiger partial charge on any atom is -0.393 e. The van der Waals surface area contributed by atoms with Crippen molar-refractivity contribution in [2.45, 2.75) is 118 Å². The van der Waals surface area contributed by atoms with Gasteiger partial charge in [-0.2, -0.15) is 0 Å². The van der Waals surface area contributed by atoms with Gasteiger partial charge in [0.1, 0.15) is 5.60 Å². The van der Waals surface area contributed by atoms with E-state index in [9.17, 15) is 20.4 Å². The Labute approximate surface area is 267 Å². The molecule has 0 unspecified atom stereocenters. The Morgan fingerprint density at radius 3 is 1.61 bits per heavy atom. The molecular weight excluding hydrogens is 544 g/mol. The van der Waals surface area contributed by atoms with E-state index in [2.05, 4.69) is 77.2 Å². The lowest BCUT2D eigenvalue weighted by Gasteiger charge is -2.54. The van der Waals surface area contributed by atoms with Crippen LogP contribution in [0.15, 0.2) is 119 Å². The van der Waals surface area contributed by atoms with E-state index < -0.39 is 22.7 Å². The van der Waals surface area contributed by atoms with Gasteiger partial charge in [-0.15, -0.1) is 0 Å². The molecule has 4 heteroatoms. The van der Waals surface area contributed by atoms with E-state index in [1.54, 1.807) is 13.0 Å². The van der Waals surface area contributed by atoms with Crippen molar-refractivity contribution in [1.29, 1.82) is 0 Å². The van der Waals surface area contributed by atoms with Gasteiger partial charge < -0.3 is 20.4 Å². The second-order valence-corrected chi connectivity index (χ2v) is 14.5. The molecule has 0 spiro atoms. The third-order valence-corrected chi connectivity index (χ3v) is 9.07. The van der Waals surface area contributed by atoms with Gasteiger partial charge in [0.15, 0.2) is 0 Å². The van der Waals surface area contributed by atoms with Gasteiger partial charge in [-0.1, -0.05) is 135 Å². The summed E-state index contributed by atoms with van der Waals surface area (Å²) in [6, 6.07) is 0. The average Bonchev–Trinajstić information content (AvgIpc) is 2.87. The van der Waals surface area contributed by atoms with Crippen LogP contribution in [0.5, 0.6) is 0 Å². The molecule has 44 heavy (non-hydrogen) atoms. The highest BCUT2D eigenvalue weighted by molar-refractivity contribution is 5.38. The standard InChI is InChI=1S/C40H58O4/c1-29(17-13-19-31(3)21-22-36-33(5)25-34(41)26-37(36,6)7)15-11-12-16-30(2)18-14-20-32(4)23-24-40(44)38(8,9)27-35(42)28-39(40,10)43/h11-24,34-35,41-44H,25-28H2,1-10H3/b12-11+,17-13+,18-14+,22-21+,24-23+,29-15+,30-16+,31-19+,32-20+/t34-,35+,39-,40+/m1/s1. The Morgan fingerprint density at radius 1 is 0.636 bits per heavy atom. The highest BCUT2D eigenvalue weighted by Gasteiger charge is 2.58. The SMILES string of the molecule is CC1=C(/C=C/C(C)=C/C=C/C(C)=C/C=C/C=C(C)/C=C/C=C(C)/C=C/[C@]2(O)C(C)(C)C[C@H](O)C[C@@]2(C)O)C(C)(C)C[C@H](O)C1. The number of aliphatic hydroxyl groups is 4. The lowest BCUT2D eigenvalue weighted by atomic mass is 9.57. The van der Waals surface area contributed by atoms with Crippen LogP contribution in [0.1, 0.15) is 94.9 Å². The number of allylic oxidation sites excluding steroid dienone is 18. The fraction of sp³-hybridized carbons (Fsp3) is 0.500. The lowest BCUT2D eigenvalue weighted by molar-refractivity contribution is -0.216. The topological polar surface area (TPSA) is 80.9 Å². The zero-order chi connectivity index (χ0) is 33.3. The van der Waals surface area contributed by atoms with Crippen LogP contribution in [0.4, 0.5) is 0 Å².